The Balaban J connectivity index is 1.65. The van der Waals surface area contributed by atoms with Crippen molar-refractivity contribution in [3.63, 3.8) is 0 Å². The maximum atomic E-state index is 11.2. The fourth-order valence-electron chi connectivity index (χ4n) is 6.46. The summed E-state index contributed by atoms with van der Waals surface area (Å²) in [5.41, 5.74) is 1.01. The van der Waals surface area contributed by atoms with E-state index in [0.717, 1.165) is 50.0 Å². The van der Waals surface area contributed by atoms with E-state index in [1.54, 1.807) is 0 Å². The molecule has 4 aliphatic rings. The van der Waals surface area contributed by atoms with Crippen molar-refractivity contribution in [2.24, 2.45) is 29.1 Å². The standard InChI is InChI=1S/C23H30O2/c1-5-23(24)15(3)13-21-20-9-7-16-14-17(25-6-2)8-10-18(16)19(20)11-12-22(21,23)4/h1,7,14,18-21,24H,3,6,8-13H2,2,4H3/t18?,19?,20-,21?,22+,23+/m1/s1. The van der Waals surface area contributed by atoms with Crippen LogP contribution in [0.4, 0.5) is 0 Å². The van der Waals surface area contributed by atoms with Gasteiger partial charge in [0.05, 0.1) is 12.4 Å². The molecule has 1 N–H and O–H groups in total. The zero-order valence-electron chi connectivity index (χ0n) is 15.6. The Morgan fingerprint density at radius 3 is 2.92 bits per heavy atom. The first kappa shape index (κ1) is 17.0. The van der Waals surface area contributed by atoms with Crippen molar-refractivity contribution in [3.05, 3.63) is 35.6 Å². The predicted molar refractivity (Wildman–Crippen MR) is 100 cm³/mol. The number of allylic oxidation sites excluding steroid dienone is 4. The van der Waals surface area contributed by atoms with Crippen LogP contribution in [0.3, 0.4) is 0 Å². The number of terminal acetylenes is 1. The SMILES string of the molecule is C#C[C@]1(O)C(=C)CC2[C@@H]3CC=C4C=C(OCC)CCC4C3CC[C@@]21C. The van der Waals surface area contributed by atoms with Crippen LogP contribution in [-0.4, -0.2) is 17.3 Å². The summed E-state index contributed by atoms with van der Waals surface area (Å²) < 4.78 is 5.76. The van der Waals surface area contributed by atoms with Gasteiger partial charge in [-0.1, -0.05) is 25.5 Å². The van der Waals surface area contributed by atoms with Crippen molar-refractivity contribution in [2.45, 2.75) is 58.0 Å². The van der Waals surface area contributed by atoms with Gasteiger partial charge in [-0.25, -0.2) is 0 Å². The normalized spacial score (nSPS) is 45.4. The first-order valence-electron chi connectivity index (χ1n) is 9.86. The molecule has 0 bridgehead atoms. The second-order valence-electron chi connectivity index (χ2n) is 8.68. The highest BCUT2D eigenvalue weighted by molar-refractivity contribution is 5.40. The Bertz CT molecular complexity index is 693. The third-order valence-electron chi connectivity index (χ3n) is 7.83. The molecule has 0 radical (unpaired) electrons. The summed E-state index contributed by atoms with van der Waals surface area (Å²) in [6, 6.07) is 0. The van der Waals surface area contributed by atoms with Gasteiger partial charge in [0.25, 0.3) is 0 Å². The van der Waals surface area contributed by atoms with Gasteiger partial charge < -0.3 is 9.84 Å². The van der Waals surface area contributed by atoms with Gasteiger partial charge in [-0.15, -0.1) is 6.42 Å². The van der Waals surface area contributed by atoms with Crippen LogP contribution in [0.2, 0.25) is 0 Å². The minimum absolute atomic E-state index is 0.216. The smallest absolute Gasteiger partial charge is 0.152 e. The van der Waals surface area contributed by atoms with Crippen LogP contribution >= 0.6 is 0 Å². The van der Waals surface area contributed by atoms with Gasteiger partial charge in [-0.2, -0.15) is 0 Å². The topological polar surface area (TPSA) is 29.5 Å². The van der Waals surface area contributed by atoms with Crippen LogP contribution in [0.1, 0.15) is 52.4 Å². The molecule has 6 atom stereocenters. The number of aliphatic hydroxyl groups is 1. The molecule has 4 aliphatic carbocycles. The second-order valence-corrected chi connectivity index (χ2v) is 8.68. The van der Waals surface area contributed by atoms with Crippen LogP contribution in [-0.2, 0) is 4.74 Å². The van der Waals surface area contributed by atoms with Crippen molar-refractivity contribution in [1.82, 2.24) is 0 Å². The summed E-state index contributed by atoms with van der Waals surface area (Å²) in [4.78, 5) is 0. The number of fused-ring (bicyclic) bond motifs is 5. The van der Waals surface area contributed by atoms with E-state index in [1.165, 1.54) is 12.0 Å². The van der Waals surface area contributed by atoms with E-state index in [0.29, 0.717) is 23.7 Å². The minimum atomic E-state index is -1.12. The largest absolute Gasteiger partial charge is 0.498 e. The Morgan fingerprint density at radius 1 is 1.40 bits per heavy atom. The number of hydrogen-bond acceptors (Lipinski definition) is 2. The molecule has 4 rings (SSSR count). The number of rotatable bonds is 2. The van der Waals surface area contributed by atoms with Crippen molar-refractivity contribution < 1.29 is 9.84 Å². The minimum Gasteiger partial charge on any atom is -0.498 e. The van der Waals surface area contributed by atoms with Crippen LogP contribution in [0.5, 0.6) is 0 Å². The molecule has 2 heteroatoms. The Hall–Kier alpha value is -1.46. The highest BCUT2D eigenvalue weighted by Crippen LogP contribution is 2.65. The molecule has 0 aromatic carbocycles. The lowest BCUT2D eigenvalue weighted by molar-refractivity contribution is -0.0717. The Kier molecular flexibility index (Phi) is 3.92. The van der Waals surface area contributed by atoms with E-state index in [1.807, 2.05) is 0 Å². The van der Waals surface area contributed by atoms with Gasteiger partial charge in [0.1, 0.15) is 0 Å². The molecule has 2 fully saturated rings. The number of ether oxygens (including phenoxy) is 1. The van der Waals surface area contributed by atoms with E-state index in [4.69, 9.17) is 11.2 Å². The second kappa shape index (κ2) is 5.78. The summed E-state index contributed by atoms with van der Waals surface area (Å²) in [5.74, 6) is 6.31. The zero-order chi connectivity index (χ0) is 17.8. The third kappa shape index (κ3) is 2.21. The van der Waals surface area contributed by atoms with Crippen LogP contribution in [0, 0.1) is 41.4 Å². The van der Waals surface area contributed by atoms with Gasteiger partial charge >= 0.3 is 0 Å². The molecule has 0 spiro atoms. The Morgan fingerprint density at radius 2 is 2.20 bits per heavy atom. The average Bonchev–Trinajstić information content (AvgIpc) is 2.82. The van der Waals surface area contributed by atoms with E-state index < -0.39 is 5.60 Å². The molecule has 3 unspecified atom stereocenters. The van der Waals surface area contributed by atoms with Crippen LogP contribution in [0.25, 0.3) is 0 Å². The maximum Gasteiger partial charge on any atom is 0.152 e. The van der Waals surface area contributed by atoms with Gasteiger partial charge in [0.15, 0.2) is 5.60 Å². The van der Waals surface area contributed by atoms with Crippen LogP contribution < -0.4 is 0 Å². The fraction of sp³-hybridized carbons (Fsp3) is 0.652. The summed E-state index contributed by atoms with van der Waals surface area (Å²) in [6.07, 6.45) is 16.9. The van der Waals surface area contributed by atoms with Gasteiger partial charge in [-0.3, -0.25) is 0 Å². The van der Waals surface area contributed by atoms with Crippen molar-refractivity contribution in [3.8, 4) is 12.3 Å². The van der Waals surface area contributed by atoms with Gasteiger partial charge in [0, 0.05) is 11.8 Å². The lowest BCUT2D eigenvalue weighted by Gasteiger charge is -2.53. The zero-order valence-corrected chi connectivity index (χ0v) is 15.6. The van der Waals surface area contributed by atoms with Gasteiger partial charge in [0.2, 0.25) is 0 Å². The van der Waals surface area contributed by atoms with E-state index >= 15 is 0 Å². The molecule has 0 aliphatic heterocycles. The molecule has 25 heavy (non-hydrogen) atoms. The summed E-state index contributed by atoms with van der Waals surface area (Å²) in [7, 11) is 0. The number of hydrogen-bond donors (Lipinski definition) is 1. The average molecular weight is 338 g/mol. The molecule has 0 saturated heterocycles. The van der Waals surface area contributed by atoms with Crippen molar-refractivity contribution in [2.75, 3.05) is 6.61 Å². The van der Waals surface area contributed by atoms with E-state index in [2.05, 4.69) is 38.5 Å². The monoisotopic (exact) mass is 338 g/mol. The summed E-state index contributed by atoms with van der Waals surface area (Å²) in [6.45, 7) is 9.18. The molecule has 0 aromatic rings. The molecule has 2 nitrogen and oxygen atoms in total. The molecule has 0 amide bonds. The van der Waals surface area contributed by atoms with E-state index in [-0.39, 0.29) is 5.41 Å². The molecule has 2 saturated carbocycles. The summed E-state index contributed by atoms with van der Waals surface area (Å²) in [5, 5.41) is 11.2. The Labute approximate surface area is 152 Å². The molecule has 134 valence electrons. The highest BCUT2D eigenvalue weighted by Gasteiger charge is 2.63. The molecular weight excluding hydrogens is 308 g/mol. The predicted octanol–water partition coefficient (Wildman–Crippen LogP) is 4.62. The first-order valence-corrected chi connectivity index (χ1v) is 9.86. The highest BCUT2D eigenvalue weighted by atomic mass is 16.5. The molecule has 0 aromatic heterocycles. The quantitative estimate of drug-likeness (QED) is 0.588. The fourth-order valence-corrected chi connectivity index (χ4v) is 6.46. The lowest BCUT2D eigenvalue weighted by atomic mass is 9.51. The molecule has 0 heterocycles. The summed E-state index contributed by atoms with van der Waals surface area (Å²) >= 11 is 0. The van der Waals surface area contributed by atoms with E-state index in [9.17, 15) is 5.11 Å². The van der Waals surface area contributed by atoms with Crippen LogP contribution in [0.15, 0.2) is 35.6 Å². The van der Waals surface area contributed by atoms with Gasteiger partial charge in [-0.05, 0) is 79.9 Å². The first-order chi connectivity index (χ1) is 11.9. The lowest BCUT2D eigenvalue weighted by Crippen LogP contribution is -2.52. The molecular formula is C23H30O2. The van der Waals surface area contributed by atoms with Crippen molar-refractivity contribution >= 4 is 0 Å². The maximum absolute atomic E-state index is 11.2. The van der Waals surface area contributed by atoms with Crippen molar-refractivity contribution in [1.29, 1.82) is 0 Å². The third-order valence-corrected chi connectivity index (χ3v) is 7.83.